The van der Waals surface area contributed by atoms with Gasteiger partial charge in [-0.05, 0) is 103 Å². The molecular weight excluding hydrogens is 376 g/mol. The minimum absolute atomic E-state index is 0.158. The Hall–Kier alpha value is -0.590. The minimum atomic E-state index is -0.158. The molecule has 4 fully saturated rings. The van der Waals surface area contributed by atoms with Gasteiger partial charge in [0.15, 0.2) is 0 Å². The quantitative estimate of drug-likeness (QED) is 0.357. The maximum Gasteiger partial charge on any atom is 0.138 e. The fourth-order valence-corrected chi connectivity index (χ4v) is 10.3. The largest absolute Gasteiger partial charge is 0.299 e. The van der Waals surface area contributed by atoms with E-state index in [0.29, 0.717) is 44.7 Å². The van der Waals surface area contributed by atoms with Crippen LogP contribution in [0.2, 0.25) is 0 Å². The van der Waals surface area contributed by atoms with Crippen LogP contribution in [0.3, 0.4) is 0 Å². The van der Waals surface area contributed by atoms with Gasteiger partial charge in [0.25, 0.3) is 0 Å². The van der Waals surface area contributed by atoms with Crippen LogP contribution in [0.1, 0.15) is 120 Å². The van der Waals surface area contributed by atoms with Gasteiger partial charge in [0.2, 0.25) is 0 Å². The molecule has 5 aliphatic carbocycles. The van der Waals surface area contributed by atoms with Crippen LogP contribution in [-0.4, -0.2) is 5.78 Å². The number of carbonyl (C=O) groups is 1. The number of hydrogen-bond acceptors (Lipinski definition) is 1. The van der Waals surface area contributed by atoms with Gasteiger partial charge in [-0.3, -0.25) is 4.79 Å². The van der Waals surface area contributed by atoms with Crippen molar-refractivity contribution >= 4 is 5.78 Å². The molecule has 0 aromatic heterocycles. The third-order valence-electron chi connectivity index (χ3n) is 12.8. The number of Topliss-reactive ketones (excluding diaryl/α,β-unsaturated/α-hetero) is 1. The molecule has 4 saturated carbocycles. The summed E-state index contributed by atoms with van der Waals surface area (Å²) >= 11 is 0. The SMILES string of the molecule is CC1(C)CCC2(C)CCC3(C)C4=CCC5C(C)(C)C(=O)CCC5(C)C4CCC3(C)C2C1. The van der Waals surface area contributed by atoms with E-state index in [4.69, 9.17) is 0 Å². The summed E-state index contributed by atoms with van der Waals surface area (Å²) in [6.45, 7) is 20.2. The molecule has 0 amide bonds. The van der Waals surface area contributed by atoms with Gasteiger partial charge in [0, 0.05) is 11.8 Å². The summed E-state index contributed by atoms with van der Waals surface area (Å²) in [6.07, 6.45) is 15.5. The second-order valence-electron chi connectivity index (χ2n) is 15.0. The smallest absolute Gasteiger partial charge is 0.138 e. The number of allylic oxidation sites excluding steroid dienone is 2. The number of rotatable bonds is 0. The van der Waals surface area contributed by atoms with Gasteiger partial charge >= 0.3 is 0 Å². The first-order chi connectivity index (χ1) is 14.2. The molecule has 0 aromatic carbocycles. The maximum absolute atomic E-state index is 12.8. The van der Waals surface area contributed by atoms with E-state index in [2.05, 4.69) is 61.5 Å². The van der Waals surface area contributed by atoms with Gasteiger partial charge in [0.1, 0.15) is 5.78 Å². The van der Waals surface area contributed by atoms with Crippen LogP contribution in [0.5, 0.6) is 0 Å². The lowest BCUT2D eigenvalue weighted by atomic mass is 9.34. The molecule has 174 valence electrons. The first-order valence-electron chi connectivity index (χ1n) is 13.4. The Balaban J connectivity index is 1.57. The van der Waals surface area contributed by atoms with Crippen molar-refractivity contribution in [2.75, 3.05) is 0 Å². The summed E-state index contributed by atoms with van der Waals surface area (Å²) in [5.41, 5.74) is 3.77. The Morgan fingerprint density at radius 3 is 2.19 bits per heavy atom. The summed E-state index contributed by atoms with van der Waals surface area (Å²) in [4.78, 5) is 12.8. The van der Waals surface area contributed by atoms with Crippen molar-refractivity contribution in [1.82, 2.24) is 0 Å². The van der Waals surface area contributed by atoms with E-state index in [-0.39, 0.29) is 5.41 Å². The highest BCUT2D eigenvalue weighted by atomic mass is 16.1. The standard InChI is InChI=1S/C30H48O/c1-25(2)15-16-27(5)17-18-29(7)21-9-10-22-26(3,4)24(31)12-13-28(22,6)20(21)11-14-30(29,8)23(27)19-25/h9,20,22-23H,10-19H2,1-8H3. The van der Waals surface area contributed by atoms with E-state index in [9.17, 15) is 4.79 Å². The van der Waals surface area contributed by atoms with Crippen molar-refractivity contribution in [3.63, 3.8) is 0 Å². The number of ketones is 1. The third-order valence-corrected chi connectivity index (χ3v) is 12.8. The first-order valence-corrected chi connectivity index (χ1v) is 13.4. The van der Waals surface area contributed by atoms with E-state index >= 15 is 0 Å². The minimum Gasteiger partial charge on any atom is -0.299 e. The van der Waals surface area contributed by atoms with E-state index in [1.165, 1.54) is 44.9 Å². The maximum atomic E-state index is 12.8. The fraction of sp³-hybridized carbons (Fsp3) is 0.900. The Labute approximate surface area is 192 Å². The van der Waals surface area contributed by atoms with Gasteiger partial charge in [0.05, 0.1) is 0 Å². The Morgan fingerprint density at radius 2 is 1.48 bits per heavy atom. The molecule has 0 saturated heterocycles. The molecule has 5 aliphatic rings. The van der Waals surface area contributed by atoms with Crippen molar-refractivity contribution in [2.45, 2.75) is 120 Å². The number of hydrogen-bond donors (Lipinski definition) is 0. The van der Waals surface area contributed by atoms with Crippen LogP contribution in [0.15, 0.2) is 11.6 Å². The van der Waals surface area contributed by atoms with Crippen LogP contribution >= 0.6 is 0 Å². The lowest BCUT2D eigenvalue weighted by Gasteiger charge is -2.70. The zero-order chi connectivity index (χ0) is 22.7. The second kappa shape index (κ2) is 6.29. The van der Waals surface area contributed by atoms with Crippen LogP contribution < -0.4 is 0 Å². The Morgan fingerprint density at radius 1 is 0.806 bits per heavy atom. The van der Waals surface area contributed by atoms with Gasteiger partial charge in [-0.1, -0.05) is 67.0 Å². The monoisotopic (exact) mass is 424 g/mol. The Bertz CT molecular complexity index is 831. The first kappa shape index (κ1) is 22.2. The summed E-state index contributed by atoms with van der Waals surface area (Å²) in [7, 11) is 0. The molecule has 1 nitrogen and oxygen atoms in total. The van der Waals surface area contributed by atoms with E-state index in [1.807, 2.05) is 5.57 Å². The van der Waals surface area contributed by atoms with Crippen LogP contribution in [0, 0.1) is 50.2 Å². The van der Waals surface area contributed by atoms with Crippen molar-refractivity contribution in [2.24, 2.45) is 50.2 Å². The normalized spacial score (nSPS) is 52.8. The van der Waals surface area contributed by atoms with Crippen molar-refractivity contribution in [1.29, 1.82) is 0 Å². The molecule has 0 heterocycles. The molecule has 0 N–H and O–H groups in total. The highest BCUT2D eigenvalue weighted by Gasteiger charge is 2.67. The summed E-state index contributed by atoms with van der Waals surface area (Å²) in [6, 6.07) is 0. The van der Waals surface area contributed by atoms with Gasteiger partial charge < -0.3 is 0 Å². The molecule has 31 heavy (non-hydrogen) atoms. The fourth-order valence-electron chi connectivity index (χ4n) is 10.3. The lowest BCUT2D eigenvalue weighted by Crippen LogP contribution is -2.63. The summed E-state index contributed by atoms with van der Waals surface area (Å²) in [5, 5.41) is 0. The van der Waals surface area contributed by atoms with Crippen molar-refractivity contribution in [3.05, 3.63) is 11.6 Å². The molecular formula is C30H48O. The van der Waals surface area contributed by atoms with Crippen LogP contribution in [0.4, 0.5) is 0 Å². The van der Waals surface area contributed by atoms with Crippen molar-refractivity contribution < 1.29 is 4.79 Å². The molecule has 5 rings (SSSR count). The molecule has 0 spiro atoms. The third kappa shape index (κ3) is 2.70. The molecule has 0 bridgehead atoms. The summed E-state index contributed by atoms with van der Waals surface area (Å²) < 4.78 is 0. The average molecular weight is 425 g/mol. The predicted molar refractivity (Wildman–Crippen MR) is 130 cm³/mol. The predicted octanol–water partition coefficient (Wildman–Crippen LogP) is 8.38. The molecule has 7 atom stereocenters. The van der Waals surface area contributed by atoms with E-state index < -0.39 is 0 Å². The molecule has 1 heteroatoms. The molecule has 7 unspecified atom stereocenters. The van der Waals surface area contributed by atoms with Gasteiger partial charge in [-0.25, -0.2) is 0 Å². The number of fused-ring (bicyclic) bond motifs is 7. The zero-order valence-electron chi connectivity index (χ0n) is 21.8. The molecule has 0 radical (unpaired) electrons. The van der Waals surface area contributed by atoms with Crippen molar-refractivity contribution in [3.8, 4) is 0 Å². The van der Waals surface area contributed by atoms with Gasteiger partial charge in [-0.2, -0.15) is 0 Å². The lowest BCUT2D eigenvalue weighted by molar-refractivity contribution is -0.172. The number of carbonyl (C=O) groups excluding carboxylic acids is 1. The van der Waals surface area contributed by atoms with Crippen LogP contribution in [0.25, 0.3) is 0 Å². The highest BCUT2D eigenvalue weighted by molar-refractivity contribution is 5.85. The zero-order valence-corrected chi connectivity index (χ0v) is 21.8. The van der Waals surface area contributed by atoms with E-state index in [0.717, 1.165) is 25.2 Å². The summed E-state index contributed by atoms with van der Waals surface area (Å²) in [5.74, 6) is 2.57. The Kier molecular flexibility index (Phi) is 4.51. The average Bonchev–Trinajstić information content (AvgIpc) is 2.68. The second-order valence-corrected chi connectivity index (χ2v) is 15.0. The molecule has 0 aliphatic heterocycles. The van der Waals surface area contributed by atoms with Gasteiger partial charge in [-0.15, -0.1) is 0 Å². The highest BCUT2D eigenvalue weighted by Crippen LogP contribution is 2.75. The van der Waals surface area contributed by atoms with Crippen LogP contribution in [-0.2, 0) is 4.79 Å². The van der Waals surface area contributed by atoms with E-state index in [1.54, 1.807) is 0 Å². The molecule has 0 aromatic rings. The topological polar surface area (TPSA) is 17.1 Å².